The molecule has 0 saturated heterocycles. The minimum Gasteiger partial charge on any atom is -0.465 e. The predicted octanol–water partition coefficient (Wildman–Crippen LogP) is 3.40. The van der Waals surface area contributed by atoms with Crippen LogP contribution in [-0.4, -0.2) is 18.0 Å². The summed E-state index contributed by atoms with van der Waals surface area (Å²) in [5.41, 5.74) is 0.107. The maximum Gasteiger partial charge on any atom is 0.344 e. The Hall–Kier alpha value is -2.85. The number of hydrogen-bond acceptors (Lipinski definition) is 6. The summed E-state index contributed by atoms with van der Waals surface area (Å²) >= 11 is 1.30. The zero-order chi connectivity index (χ0) is 16.1. The van der Waals surface area contributed by atoms with E-state index in [1.54, 1.807) is 24.3 Å². The van der Waals surface area contributed by atoms with Crippen molar-refractivity contribution in [2.75, 3.05) is 7.11 Å². The SMILES string of the molecule is COC(=O)c1cc(Sc2cccc(C#N)c2)ccc1[N+](=O)[O-]. The van der Waals surface area contributed by atoms with E-state index in [1.807, 2.05) is 12.1 Å². The summed E-state index contributed by atoms with van der Waals surface area (Å²) in [6.07, 6.45) is 0. The second kappa shape index (κ2) is 6.74. The van der Waals surface area contributed by atoms with Crippen LogP contribution < -0.4 is 0 Å². The number of carbonyl (C=O) groups is 1. The van der Waals surface area contributed by atoms with Gasteiger partial charge in [0.1, 0.15) is 5.56 Å². The lowest BCUT2D eigenvalue weighted by atomic mass is 10.2. The van der Waals surface area contributed by atoms with Crippen LogP contribution in [0.4, 0.5) is 5.69 Å². The van der Waals surface area contributed by atoms with Crippen molar-refractivity contribution in [1.82, 2.24) is 0 Å². The van der Waals surface area contributed by atoms with Crippen LogP contribution in [0.1, 0.15) is 15.9 Å². The number of nitro groups is 1. The minimum atomic E-state index is -0.764. The monoisotopic (exact) mass is 314 g/mol. The molecule has 0 heterocycles. The van der Waals surface area contributed by atoms with E-state index in [4.69, 9.17) is 5.26 Å². The fourth-order valence-corrected chi connectivity index (χ4v) is 2.69. The zero-order valence-corrected chi connectivity index (χ0v) is 12.3. The molecule has 2 rings (SSSR count). The third kappa shape index (κ3) is 3.42. The van der Waals surface area contributed by atoms with E-state index in [0.717, 1.165) is 4.90 Å². The summed E-state index contributed by atoms with van der Waals surface area (Å²) in [5.74, 6) is -0.764. The van der Waals surface area contributed by atoms with Crippen LogP contribution in [-0.2, 0) is 4.74 Å². The Morgan fingerprint density at radius 3 is 2.64 bits per heavy atom. The lowest BCUT2D eigenvalue weighted by molar-refractivity contribution is -0.385. The van der Waals surface area contributed by atoms with Gasteiger partial charge in [-0.25, -0.2) is 4.79 Å². The first-order valence-corrected chi connectivity index (χ1v) is 6.91. The molecule has 0 N–H and O–H groups in total. The van der Waals surface area contributed by atoms with Gasteiger partial charge >= 0.3 is 5.97 Å². The Balaban J connectivity index is 2.38. The number of rotatable bonds is 4. The van der Waals surface area contributed by atoms with Crippen molar-refractivity contribution in [3.05, 3.63) is 63.7 Å². The molecule has 0 aliphatic heterocycles. The van der Waals surface area contributed by atoms with E-state index >= 15 is 0 Å². The Labute approximate surface area is 130 Å². The maximum atomic E-state index is 11.7. The Morgan fingerprint density at radius 2 is 2.00 bits per heavy atom. The van der Waals surface area contributed by atoms with Gasteiger partial charge in [0.15, 0.2) is 0 Å². The largest absolute Gasteiger partial charge is 0.465 e. The van der Waals surface area contributed by atoms with Gasteiger partial charge in [0, 0.05) is 15.9 Å². The molecule has 22 heavy (non-hydrogen) atoms. The highest BCUT2D eigenvalue weighted by Gasteiger charge is 2.21. The normalized spacial score (nSPS) is 9.82. The van der Waals surface area contributed by atoms with Gasteiger partial charge in [0.05, 0.1) is 23.7 Å². The first-order chi connectivity index (χ1) is 10.5. The molecule has 7 heteroatoms. The van der Waals surface area contributed by atoms with E-state index in [9.17, 15) is 14.9 Å². The molecular formula is C15H10N2O4S. The van der Waals surface area contributed by atoms with E-state index < -0.39 is 10.9 Å². The van der Waals surface area contributed by atoms with Crippen LogP contribution in [0.15, 0.2) is 52.3 Å². The smallest absolute Gasteiger partial charge is 0.344 e. The molecule has 0 unspecified atom stereocenters. The van der Waals surface area contributed by atoms with Crippen molar-refractivity contribution in [3.63, 3.8) is 0 Å². The Kier molecular flexibility index (Phi) is 4.76. The van der Waals surface area contributed by atoms with E-state index in [-0.39, 0.29) is 11.3 Å². The van der Waals surface area contributed by atoms with Crippen LogP contribution >= 0.6 is 11.8 Å². The number of methoxy groups -OCH3 is 1. The highest BCUT2D eigenvalue weighted by molar-refractivity contribution is 7.99. The molecule has 0 fully saturated rings. The van der Waals surface area contributed by atoms with Gasteiger partial charge in [-0.2, -0.15) is 5.26 Å². The molecule has 6 nitrogen and oxygen atoms in total. The van der Waals surface area contributed by atoms with Crippen LogP contribution in [0.5, 0.6) is 0 Å². The lowest BCUT2D eigenvalue weighted by Crippen LogP contribution is -2.05. The Bertz CT molecular complexity index is 783. The van der Waals surface area contributed by atoms with Crippen molar-refractivity contribution < 1.29 is 14.5 Å². The fraction of sp³-hybridized carbons (Fsp3) is 0.0667. The molecule has 0 amide bonds. The maximum absolute atomic E-state index is 11.7. The van der Waals surface area contributed by atoms with E-state index in [0.29, 0.717) is 10.5 Å². The molecule has 0 spiro atoms. The third-order valence-corrected chi connectivity index (χ3v) is 3.75. The standard InChI is InChI=1S/C15H10N2O4S/c1-21-15(18)13-8-12(5-6-14(13)17(19)20)22-11-4-2-3-10(7-11)9-16/h2-8H,1H3. The van der Waals surface area contributed by atoms with Crippen LogP contribution in [0, 0.1) is 21.4 Å². The summed E-state index contributed by atoms with van der Waals surface area (Å²) in [6.45, 7) is 0. The van der Waals surface area contributed by atoms with Crippen LogP contribution in [0.3, 0.4) is 0 Å². The summed E-state index contributed by atoms with van der Waals surface area (Å²) < 4.78 is 4.57. The second-order valence-electron chi connectivity index (χ2n) is 4.17. The van der Waals surface area contributed by atoms with Gasteiger partial charge in [-0.3, -0.25) is 10.1 Å². The highest BCUT2D eigenvalue weighted by atomic mass is 32.2. The molecule has 0 atom stereocenters. The molecule has 0 bridgehead atoms. The fourth-order valence-electron chi connectivity index (χ4n) is 1.78. The topological polar surface area (TPSA) is 93.2 Å². The molecule has 2 aromatic carbocycles. The lowest BCUT2D eigenvalue weighted by Gasteiger charge is -2.05. The van der Waals surface area contributed by atoms with Crippen LogP contribution in [0.2, 0.25) is 0 Å². The molecule has 0 aliphatic carbocycles. The van der Waals surface area contributed by atoms with Gasteiger partial charge in [0.25, 0.3) is 5.69 Å². The average Bonchev–Trinajstić information content (AvgIpc) is 2.54. The van der Waals surface area contributed by atoms with E-state index in [1.165, 1.54) is 31.0 Å². The predicted molar refractivity (Wildman–Crippen MR) is 79.7 cm³/mol. The number of esters is 1. The van der Waals surface area contributed by atoms with Crippen molar-refractivity contribution in [3.8, 4) is 6.07 Å². The molecule has 0 saturated carbocycles. The summed E-state index contributed by atoms with van der Waals surface area (Å²) in [6, 6.07) is 13.2. The number of nitro benzene ring substituents is 1. The quantitative estimate of drug-likeness (QED) is 0.488. The van der Waals surface area contributed by atoms with Gasteiger partial charge in [-0.05, 0) is 30.3 Å². The first-order valence-electron chi connectivity index (χ1n) is 6.10. The summed E-state index contributed by atoms with van der Waals surface area (Å²) in [4.78, 5) is 23.4. The van der Waals surface area contributed by atoms with Crippen LogP contribution in [0.25, 0.3) is 0 Å². The molecule has 2 aromatic rings. The number of nitrogens with zero attached hydrogens (tertiary/aromatic N) is 2. The minimum absolute atomic E-state index is 0.103. The molecule has 0 aliphatic rings. The van der Waals surface area contributed by atoms with Crippen molar-refractivity contribution in [2.24, 2.45) is 0 Å². The molecule has 0 aromatic heterocycles. The molecule has 0 radical (unpaired) electrons. The van der Waals surface area contributed by atoms with Crippen molar-refractivity contribution in [2.45, 2.75) is 9.79 Å². The number of nitriles is 1. The number of ether oxygens (including phenoxy) is 1. The second-order valence-corrected chi connectivity index (χ2v) is 5.32. The zero-order valence-electron chi connectivity index (χ0n) is 11.5. The molecular weight excluding hydrogens is 304 g/mol. The first kappa shape index (κ1) is 15.5. The number of hydrogen-bond donors (Lipinski definition) is 0. The summed E-state index contributed by atoms with van der Waals surface area (Å²) in [5, 5.41) is 19.8. The van der Waals surface area contributed by atoms with Crippen molar-refractivity contribution in [1.29, 1.82) is 5.26 Å². The van der Waals surface area contributed by atoms with Gasteiger partial charge in [-0.1, -0.05) is 17.8 Å². The van der Waals surface area contributed by atoms with Crippen molar-refractivity contribution >= 4 is 23.4 Å². The van der Waals surface area contributed by atoms with Gasteiger partial charge in [0.2, 0.25) is 0 Å². The average molecular weight is 314 g/mol. The van der Waals surface area contributed by atoms with E-state index in [2.05, 4.69) is 4.74 Å². The summed E-state index contributed by atoms with van der Waals surface area (Å²) in [7, 11) is 1.17. The van der Waals surface area contributed by atoms with Gasteiger partial charge < -0.3 is 4.74 Å². The van der Waals surface area contributed by atoms with Gasteiger partial charge in [-0.15, -0.1) is 0 Å². The third-order valence-electron chi connectivity index (χ3n) is 2.77. The Morgan fingerprint density at radius 1 is 1.27 bits per heavy atom. The highest BCUT2D eigenvalue weighted by Crippen LogP contribution is 2.32. The number of benzene rings is 2. The molecule has 110 valence electrons. The number of carbonyl (C=O) groups excluding carboxylic acids is 1.